The Morgan fingerprint density at radius 2 is 1.26 bits per heavy atom. The normalized spacial score (nSPS) is 14.7. The summed E-state index contributed by atoms with van der Waals surface area (Å²) < 4.78 is 12.2. The third-order valence-corrected chi connectivity index (χ3v) is 3.86. The topological polar surface area (TPSA) is 35.5 Å². The fourth-order valence-electron chi connectivity index (χ4n) is 2.93. The van der Waals surface area contributed by atoms with Crippen molar-refractivity contribution >= 4 is 5.78 Å². The molecule has 0 radical (unpaired) electrons. The number of hydrogen-bond donors (Lipinski definition) is 0. The fourth-order valence-corrected chi connectivity index (χ4v) is 2.93. The van der Waals surface area contributed by atoms with Crippen molar-refractivity contribution in [3.8, 4) is 0 Å². The molecule has 23 heavy (non-hydrogen) atoms. The Kier molecular flexibility index (Phi) is 4.24. The van der Waals surface area contributed by atoms with Crippen LogP contribution in [0.15, 0.2) is 73.8 Å². The zero-order valence-corrected chi connectivity index (χ0v) is 12.8. The summed E-state index contributed by atoms with van der Waals surface area (Å²) in [7, 11) is 0. The molecule has 2 aromatic carbocycles. The zero-order chi connectivity index (χ0) is 16.3. The van der Waals surface area contributed by atoms with Crippen LogP contribution in [0.4, 0.5) is 0 Å². The van der Waals surface area contributed by atoms with E-state index in [1.54, 1.807) is 24.3 Å². The van der Waals surface area contributed by atoms with Crippen molar-refractivity contribution in [1.29, 1.82) is 0 Å². The Morgan fingerprint density at radius 1 is 0.826 bits per heavy atom. The second kappa shape index (κ2) is 6.32. The number of carbonyl (C=O) groups is 1. The molecule has 0 aliphatic heterocycles. The molecule has 3 nitrogen and oxygen atoms in total. The predicted molar refractivity (Wildman–Crippen MR) is 89.4 cm³/mol. The number of carbonyl (C=O) groups excluding carboxylic acids is 1. The summed E-state index contributed by atoms with van der Waals surface area (Å²) in [5, 5.41) is 0. The number of rotatable bonds is 6. The average molecular weight is 306 g/mol. The fraction of sp³-hybridized carbons (Fsp3) is 0.150. The van der Waals surface area contributed by atoms with E-state index in [9.17, 15) is 4.79 Å². The van der Waals surface area contributed by atoms with Gasteiger partial charge in [0.05, 0.1) is 13.2 Å². The van der Waals surface area contributed by atoms with E-state index in [1.165, 1.54) is 0 Å². The standard InChI is InChI=1S/C20H18O3/c1-3-13-22-20(23-14-4-2)17-11-7-5-9-15(17)19(21)16-10-6-8-12-18(16)20/h3-12H,1-2,13-14H2. The van der Waals surface area contributed by atoms with E-state index in [0.717, 1.165) is 0 Å². The highest BCUT2D eigenvalue weighted by Crippen LogP contribution is 2.43. The van der Waals surface area contributed by atoms with Gasteiger partial charge >= 0.3 is 0 Å². The highest BCUT2D eigenvalue weighted by atomic mass is 16.7. The molecule has 0 amide bonds. The lowest BCUT2D eigenvalue weighted by atomic mass is 9.80. The smallest absolute Gasteiger partial charge is 0.224 e. The van der Waals surface area contributed by atoms with Gasteiger partial charge in [-0.3, -0.25) is 4.79 Å². The first-order chi connectivity index (χ1) is 11.2. The molecule has 0 aromatic heterocycles. The second-order valence-electron chi connectivity index (χ2n) is 5.24. The highest BCUT2D eigenvalue weighted by Gasteiger charge is 2.45. The van der Waals surface area contributed by atoms with Gasteiger partial charge in [-0.05, 0) is 0 Å². The molecule has 0 saturated carbocycles. The molecule has 0 fully saturated rings. The Morgan fingerprint density at radius 3 is 1.70 bits per heavy atom. The van der Waals surface area contributed by atoms with Crippen LogP contribution >= 0.6 is 0 Å². The van der Waals surface area contributed by atoms with E-state index in [4.69, 9.17) is 9.47 Å². The Balaban J connectivity index is 2.27. The van der Waals surface area contributed by atoms with Gasteiger partial charge in [0, 0.05) is 22.3 Å². The largest absolute Gasteiger partial charge is 0.338 e. The molecule has 0 heterocycles. The molecule has 116 valence electrons. The van der Waals surface area contributed by atoms with Gasteiger partial charge in [-0.25, -0.2) is 0 Å². The van der Waals surface area contributed by atoms with Crippen LogP contribution in [0.25, 0.3) is 0 Å². The maximum Gasteiger partial charge on any atom is 0.224 e. The molecular formula is C20H18O3. The lowest BCUT2D eigenvalue weighted by Crippen LogP contribution is -2.41. The number of ketones is 1. The molecule has 1 aliphatic carbocycles. The molecule has 0 atom stereocenters. The van der Waals surface area contributed by atoms with Crippen LogP contribution < -0.4 is 0 Å². The zero-order valence-electron chi connectivity index (χ0n) is 12.8. The molecule has 0 N–H and O–H groups in total. The van der Waals surface area contributed by atoms with E-state index in [1.807, 2.05) is 36.4 Å². The second-order valence-corrected chi connectivity index (χ2v) is 5.24. The van der Waals surface area contributed by atoms with Gasteiger partial charge in [-0.15, -0.1) is 13.2 Å². The van der Waals surface area contributed by atoms with Gasteiger partial charge in [-0.2, -0.15) is 0 Å². The third kappa shape index (κ3) is 2.44. The lowest BCUT2D eigenvalue weighted by Gasteiger charge is -2.39. The first-order valence-corrected chi connectivity index (χ1v) is 7.48. The van der Waals surface area contributed by atoms with Crippen LogP contribution in [-0.2, 0) is 15.3 Å². The summed E-state index contributed by atoms with van der Waals surface area (Å²) in [5.74, 6) is -1.15. The average Bonchev–Trinajstić information content (AvgIpc) is 2.61. The van der Waals surface area contributed by atoms with Crippen molar-refractivity contribution in [2.45, 2.75) is 5.79 Å². The number of ether oxygens (including phenoxy) is 2. The number of fused-ring (bicyclic) bond motifs is 2. The molecule has 0 saturated heterocycles. The van der Waals surface area contributed by atoms with E-state index in [0.29, 0.717) is 35.5 Å². The minimum Gasteiger partial charge on any atom is -0.338 e. The molecule has 0 bridgehead atoms. The minimum atomic E-state index is -1.14. The Bertz CT molecular complexity index is 697. The molecule has 3 rings (SSSR count). The van der Waals surface area contributed by atoms with Crippen LogP contribution in [0.5, 0.6) is 0 Å². The predicted octanol–water partition coefficient (Wildman–Crippen LogP) is 3.84. The third-order valence-electron chi connectivity index (χ3n) is 3.86. The van der Waals surface area contributed by atoms with Crippen molar-refractivity contribution in [3.63, 3.8) is 0 Å². The quantitative estimate of drug-likeness (QED) is 0.601. The number of benzene rings is 2. The molecule has 0 spiro atoms. The minimum absolute atomic E-state index is 0.0174. The first kappa shape index (κ1) is 15.4. The van der Waals surface area contributed by atoms with Gasteiger partial charge in [0.2, 0.25) is 5.79 Å². The summed E-state index contributed by atoms with van der Waals surface area (Å²) >= 11 is 0. The molecule has 3 heteroatoms. The summed E-state index contributed by atoms with van der Waals surface area (Å²) in [6.45, 7) is 8.03. The van der Waals surface area contributed by atoms with Gasteiger partial charge in [0.1, 0.15) is 0 Å². The SMILES string of the molecule is C=CCOC1(OCC=C)c2ccccc2C(=O)c2ccccc21. The summed E-state index contributed by atoms with van der Waals surface area (Å²) in [4.78, 5) is 12.8. The van der Waals surface area contributed by atoms with Crippen molar-refractivity contribution in [2.75, 3.05) is 13.2 Å². The summed E-state index contributed by atoms with van der Waals surface area (Å²) in [6.07, 6.45) is 3.33. The van der Waals surface area contributed by atoms with E-state index >= 15 is 0 Å². The highest BCUT2D eigenvalue weighted by molar-refractivity contribution is 6.12. The van der Waals surface area contributed by atoms with Crippen LogP contribution in [0.2, 0.25) is 0 Å². The van der Waals surface area contributed by atoms with Crippen molar-refractivity contribution < 1.29 is 14.3 Å². The summed E-state index contributed by atoms with van der Waals surface area (Å²) in [6, 6.07) is 14.8. The molecule has 2 aromatic rings. The Labute approximate surface area is 135 Å². The van der Waals surface area contributed by atoms with Gasteiger partial charge < -0.3 is 9.47 Å². The van der Waals surface area contributed by atoms with Crippen LogP contribution in [0, 0.1) is 0 Å². The first-order valence-electron chi connectivity index (χ1n) is 7.48. The summed E-state index contributed by atoms with van der Waals surface area (Å²) in [5.41, 5.74) is 2.62. The van der Waals surface area contributed by atoms with Crippen LogP contribution in [0.3, 0.4) is 0 Å². The lowest BCUT2D eigenvalue weighted by molar-refractivity contribution is -0.206. The number of hydrogen-bond acceptors (Lipinski definition) is 3. The van der Waals surface area contributed by atoms with Crippen molar-refractivity contribution in [1.82, 2.24) is 0 Å². The monoisotopic (exact) mass is 306 g/mol. The van der Waals surface area contributed by atoms with Crippen molar-refractivity contribution in [2.24, 2.45) is 0 Å². The Hall–Kier alpha value is -2.49. The van der Waals surface area contributed by atoms with E-state index in [-0.39, 0.29) is 5.78 Å². The van der Waals surface area contributed by atoms with Gasteiger partial charge in [0.15, 0.2) is 5.78 Å². The van der Waals surface area contributed by atoms with E-state index < -0.39 is 5.79 Å². The maximum atomic E-state index is 12.8. The molecular weight excluding hydrogens is 288 g/mol. The molecule has 0 unspecified atom stereocenters. The van der Waals surface area contributed by atoms with Crippen LogP contribution in [0.1, 0.15) is 27.0 Å². The maximum absolute atomic E-state index is 12.8. The van der Waals surface area contributed by atoms with E-state index in [2.05, 4.69) is 13.2 Å². The van der Waals surface area contributed by atoms with Crippen molar-refractivity contribution in [3.05, 3.63) is 96.1 Å². The molecule has 1 aliphatic rings. The van der Waals surface area contributed by atoms with Gasteiger partial charge in [0.25, 0.3) is 0 Å². The van der Waals surface area contributed by atoms with Crippen LogP contribution in [-0.4, -0.2) is 19.0 Å². The van der Waals surface area contributed by atoms with Gasteiger partial charge in [-0.1, -0.05) is 60.7 Å².